The van der Waals surface area contributed by atoms with E-state index in [0.29, 0.717) is 27.4 Å². The Kier molecular flexibility index (Phi) is 3.37. The Labute approximate surface area is 123 Å². The Morgan fingerprint density at radius 2 is 2.10 bits per heavy atom. The van der Waals surface area contributed by atoms with Crippen LogP contribution < -0.4 is 5.32 Å². The van der Waals surface area contributed by atoms with Crippen LogP contribution in [0.15, 0.2) is 24.3 Å². The summed E-state index contributed by atoms with van der Waals surface area (Å²) < 4.78 is 1.56. The standard InChI is InChI=1S/C12H10ClN5OS/c1-7-15-16-12-18(7)17-11(20-12)10(19)14-6-8-2-4-9(13)5-3-8/h2-5H,6H2,1H3,(H,14,19). The number of halogens is 1. The van der Waals surface area contributed by atoms with E-state index in [1.54, 1.807) is 23.6 Å². The maximum absolute atomic E-state index is 12.0. The summed E-state index contributed by atoms with van der Waals surface area (Å²) in [4.78, 5) is 12.6. The third kappa shape index (κ3) is 2.50. The van der Waals surface area contributed by atoms with Gasteiger partial charge >= 0.3 is 0 Å². The summed E-state index contributed by atoms with van der Waals surface area (Å²) in [6.07, 6.45) is 0. The van der Waals surface area contributed by atoms with Crippen LogP contribution >= 0.6 is 22.9 Å². The molecule has 20 heavy (non-hydrogen) atoms. The van der Waals surface area contributed by atoms with E-state index in [-0.39, 0.29) is 5.91 Å². The molecule has 0 saturated carbocycles. The number of hydrogen-bond acceptors (Lipinski definition) is 5. The predicted molar refractivity (Wildman–Crippen MR) is 76.0 cm³/mol. The van der Waals surface area contributed by atoms with Crippen LogP contribution in [0.2, 0.25) is 5.02 Å². The average molecular weight is 308 g/mol. The minimum Gasteiger partial charge on any atom is -0.346 e. The minimum absolute atomic E-state index is 0.227. The molecule has 3 aromatic rings. The topological polar surface area (TPSA) is 72.2 Å². The highest BCUT2D eigenvalue weighted by Gasteiger charge is 2.14. The van der Waals surface area contributed by atoms with Gasteiger partial charge in [-0.1, -0.05) is 35.1 Å². The van der Waals surface area contributed by atoms with Gasteiger partial charge in [-0.05, 0) is 24.6 Å². The number of rotatable bonds is 3. The Morgan fingerprint density at radius 1 is 1.35 bits per heavy atom. The molecule has 1 aromatic carbocycles. The van der Waals surface area contributed by atoms with E-state index in [0.717, 1.165) is 5.56 Å². The molecule has 2 aromatic heterocycles. The number of nitrogens with one attached hydrogen (secondary N) is 1. The number of nitrogens with zero attached hydrogens (tertiary/aromatic N) is 4. The lowest BCUT2D eigenvalue weighted by atomic mass is 10.2. The number of fused-ring (bicyclic) bond motifs is 1. The fourth-order valence-electron chi connectivity index (χ4n) is 1.67. The normalized spacial score (nSPS) is 10.9. The Hall–Kier alpha value is -1.99. The Bertz CT molecular complexity index is 764. The maximum Gasteiger partial charge on any atom is 0.282 e. The highest BCUT2D eigenvalue weighted by Crippen LogP contribution is 2.14. The summed E-state index contributed by atoms with van der Waals surface area (Å²) >= 11 is 7.02. The monoisotopic (exact) mass is 307 g/mol. The molecule has 1 amide bonds. The minimum atomic E-state index is -0.227. The molecule has 0 aliphatic heterocycles. The Morgan fingerprint density at radius 3 is 2.80 bits per heavy atom. The molecule has 0 aliphatic rings. The zero-order valence-electron chi connectivity index (χ0n) is 10.5. The number of benzene rings is 1. The smallest absolute Gasteiger partial charge is 0.282 e. The highest BCUT2D eigenvalue weighted by molar-refractivity contribution is 7.18. The maximum atomic E-state index is 12.0. The second kappa shape index (κ2) is 5.18. The van der Waals surface area contributed by atoms with Gasteiger partial charge in [0.2, 0.25) is 9.97 Å². The van der Waals surface area contributed by atoms with Crippen LogP contribution in [-0.2, 0) is 6.54 Å². The third-order valence-electron chi connectivity index (χ3n) is 2.71. The first-order valence-corrected chi connectivity index (χ1v) is 7.04. The number of aromatic nitrogens is 4. The van der Waals surface area contributed by atoms with Crippen molar-refractivity contribution in [2.45, 2.75) is 13.5 Å². The Balaban J connectivity index is 1.71. The molecule has 8 heteroatoms. The fourth-order valence-corrected chi connectivity index (χ4v) is 2.59. The van der Waals surface area contributed by atoms with Crippen LogP contribution in [-0.4, -0.2) is 25.7 Å². The number of amides is 1. The molecular weight excluding hydrogens is 298 g/mol. The van der Waals surface area contributed by atoms with Gasteiger partial charge < -0.3 is 5.32 Å². The summed E-state index contributed by atoms with van der Waals surface area (Å²) in [6.45, 7) is 2.21. The summed E-state index contributed by atoms with van der Waals surface area (Å²) in [5.41, 5.74) is 0.974. The molecule has 0 bridgehead atoms. The van der Waals surface area contributed by atoms with Crippen molar-refractivity contribution in [3.8, 4) is 0 Å². The van der Waals surface area contributed by atoms with Crippen molar-refractivity contribution in [3.63, 3.8) is 0 Å². The summed E-state index contributed by atoms with van der Waals surface area (Å²) in [7, 11) is 0. The SMILES string of the molecule is Cc1nnc2sc(C(=O)NCc3ccc(Cl)cc3)nn12. The summed E-state index contributed by atoms with van der Waals surface area (Å²) in [5, 5.41) is 15.8. The molecule has 0 fully saturated rings. The van der Waals surface area contributed by atoms with E-state index in [1.807, 2.05) is 12.1 Å². The van der Waals surface area contributed by atoms with Crippen molar-refractivity contribution in [2.75, 3.05) is 0 Å². The van der Waals surface area contributed by atoms with Crippen LogP contribution in [0, 0.1) is 6.92 Å². The first-order valence-electron chi connectivity index (χ1n) is 5.85. The van der Waals surface area contributed by atoms with Crippen molar-refractivity contribution in [1.82, 2.24) is 25.1 Å². The molecule has 0 saturated heterocycles. The van der Waals surface area contributed by atoms with Crippen molar-refractivity contribution >= 4 is 33.8 Å². The lowest BCUT2D eigenvalue weighted by Crippen LogP contribution is -2.22. The van der Waals surface area contributed by atoms with Crippen LogP contribution in [0.4, 0.5) is 0 Å². The number of carbonyl (C=O) groups is 1. The molecule has 3 rings (SSSR count). The van der Waals surface area contributed by atoms with Gasteiger partial charge in [-0.3, -0.25) is 4.79 Å². The van der Waals surface area contributed by atoms with Crippen LogP contribution in [0.3, 0.4) is 0 Å². The lowest BCUT2D eigenvalue weighted by Gasteiger charge is -2.02. The van der Waals surface area contributed by atoms with Crippen LogP contribution in [0.25, 0.3) is 4.96 Å². The van der Waals surface area contributed by atoms with Gasteiger partial charge in [-0.15, -0.1) is 15.3 Å². The van der Waals surface area contributed by atoms with Gasteiger partial charge in [0.25, 0.3) is 5.91 Å². The molecule has 2 heterocycles. The molecule has 102 valence electrons. The van der Waals surface area contributed by atoms with E-state index in [4.69, 9.17) is 11.6 Å². The van der Waals surface area contributed by atoms with Crippen molar-refractivity contribution in [1.29, 1.82) is 0 Å². The largest absolute Gasteiger partial charge is 0.346 e. The van der Waals surface area contributed by atoms with Crippen molar-refractivity contribution < 1.29 is 4.79 Å². The van der Waals surface area contributed by atoms with E-state index in [2.05, 4.69) is 20.6 Å². The van der Waals surface area contributed by atoms with Gasteiger partial charge in [0, 0.05) is 11.6 Å². The van der Waals surface area contributed by atoms with Gasteiger partial charge in [0.1, 0.15) is 0 Å². The van der Waals surface area contributed by atoms with Crippen molar-refractivity contribution in [2.24, 2.45) is 0 Å². The number of hydrogen-bond donors (Lipinski definition) is 1. The second-order valence-electron chi connectivity index (χ2n) is 4.16. The zero-order valence-corrected chi connectivity index (χ0v) is 12.1. The third-order valence-corrected chi connectivity index (χ3v) is 3.86. The lowest BCUT2D eigenvalue weighted by molar-refractivity contribution is 0.0949. The van der Waals surface area contributed by atoms with E-state index < -0.39 is 0 Å². The molecular formula is C12H10ClN5OS. The van der Waals surface area contributed by atoms with E-state index in [9.17, 15) is 4.79 Å². The van der Waals surface area contributed by atoms with E-state index in [1.165, 1.54) is 11.3 Å². The summed E-state index contributed by atoms with van der Waals surface area (Å²) in [5.74, 6) is 0.433. The van der Waals surface area contributed by atoms with Gasteiger partial charge in [-0.2, -0.15) is 4.52 Å². The number of aryl methyl sites for hydroxylation is 1. The van der Waals surface area contributed by atoms with Crippen LogP contribution in [0.5, 0.6) is 0 Å². The second-order valence-corrected chi connectivity index (χ2v) is 5.55. The molecule has 0 unspecified atom stereocenters. The number of carbonyl (C=O) groups excluding carboxylic acids is 1. The predicted octanol–water partition coefficient (Wildman–Crippen LogP) is 2.08. The highest BCUT2D eigenvalue weighted by atomic mass is 35.5. The van der Waals surface area contributed by atoms with Crippen molar-refractivity contribution in [3.05, 3.63) is 45.7 Å². The molecule has 1 N–H and O–H groups in total. The van der Waals surface area contributed by atoms with E-state index >= 15 is 0 Å². The average Bonchev–Trinajstić information content (AvgIpc) is 3.01. The van der Waals surface area contributed by atoms with Gasteiger partial charge in [-0.25, -0.2) is 0 Å². The van der Waals surface area contributed by atoms with Gasteiger partial charge in [0.15, 0.2) is 5.82 Å². The quantitative estimate of drug-likeness (QED) is 0.804. The van der Waals surface area contributed by atoms with Gasteiger partial charge in [0.05, 0.1) is 0 Å². The molecule has 0 radical (unpaired) electrons. The zero-order chi connectivity index (χ0) is 14.1. The van der Waals surface area contributed by atoms with Crippen LogP contribution in [0.1, 0.15) is 21.2 Å². The molecule has 6 nitrogen and oxygen atoms in total. The first-order chi connectivity index (χ1) is 9.63. The fraction of sp³-hybridized carbons (Fsp3) is 0.167. The molecule has 0 spiro atoms. The first kappa shape index (κ1) is 13.0. The summed E-state index contributed by atoms with van der Waals surface area (Å²) in [6, 6.07) is 7.31. The molecule has 0 aliphatic carbocycles. The molecule has 0 atom stereocenters.